The van der Waals surface area contributed by atoms with Gasteiger partial charge in [-0.05, 0) is 60.9 Å². The van der Waals surface area contributed by atoms with Crippen molar-refractivity contribution in [3.8, 4) is 34.2 Å². The first kappa shape index (κ1) is 28.6. The highest BCUT2D eigenvalue weighted by molar-refractivity contribution is 5.92. The third-order valence-electron chi connectivity index (χ3n) is 7.46. The average molecular weight is 551 g/mol. The maximum atomic E-state index is 4.69. The second-order valence-electron chi connectivity index (χ2n) is 10.3. The first-order valence-corrected chi connectivity index (χ1v) is 14.7. The van der Waals surface area contributed by atoms with Crippen LogP contribution < -0.4 is 0 Å². The molecule has 42 heavy (non-hydrogen) atoms. The van der Waals surface area contributed by atoms with E-state index in [1.54, 1.807) is 0 Å². The summed E-state index contributed by atoms with van der Waals surface area (Å²) < 4.78 is 4.46. The van der Waals surface area contributed by atoms with E-state index in [1.807, 2.05) is 44.2 Å². The number of fused-ring (bicyclic) bond motifs is 1. The fourth-order valence-electron chi connectivity index (χ4n) is 5.36. The van der Waals surface area contributed by atoms with Gasteiger partial charge in [0.25, 0.3) is 0 Å². The molecule has 0 saturated heterocycles. The van der Waals surface area contributed by atoms with Crippen LogP contribution in [0.4, 0.5) is 0 Å². The number of benzene rings is 4. The lowest BCUT2D eigenvalue weighted by Crippen LogP contribution is -2.01. The van der Waals surface area contributed by atoms with Gasteiger partial charge in [0.05, 0.1) is 5.52 Å². The molecule has 4 heteroatoms. The van der Waals surface area contributed by atoms with E-state index >= 15 is 0 Å². The van der Waals surface area contributed by atoms with Crippen molar-refractivity contribution >= 4 is 17.0 Å². The number of hydrogen-bond acceptors (Lipinski definition) is 2. The van der Waals surface area contributed by atoms with E-state index in [0.29, 0.717) is 5.92 Å². The standard InChI is InChI=1S/C36H32N4.C2H6/c1-5-6-14-32-26(4)39(34-16-11-10-15-33(32)34)31-23-21-29(22-24-31)36-38-37-35(40(36)30-12-8-7-9-13-30)28-19-17-27(18-20-28)25(2)3;1-2/h5-25H,1H2,2-4H3;1-2H3/b14-6-;. The number of para-hydroxylation sites is 2. The van der Waals surface area contributed by atoms with Crippen molar-refractivity contribution in [1.29, 1.82) is 0 Å². The highest BCUT2D eigenvalue weighted by Gasteiger charge is 2.18. The zero-order valence-corrected chi connectivity index (χ0v) is 25.1. The molecule has 0 bridgehead atoms. The van der Waals surface area contributed by atoms with E-state index in [2.05, 4.69) is 133 Å². The number of aromatic nitrogens is 4. The molecule has 2 aromatic heterocycles. The SMILES string of the molecule is C=C/C=C\c1c(C)n(-c2ccc(-c3nnc(-c4ccc(C(C)C)cc4)n3-c3ccccc3)cc2)c2ccccc12.CC. The lowest BCUT2D eigenvalue weighted by Gasteiger charge is -2.13. The van der Waals surface area contributed by atoms with Crippen LogP contribution in [0.1, 0.15) is 50.4 Å². The van der Waals surface area contributed by atoms with Crippen LogP contribution in [0.3, 0.4) is 0 Å². The Hall–Kier alpha value is -4.96. The number of allylic oxidation sites excluding steroid dienone is 2. The maximum absolute atomic E-state index is 4.69. The second kappa shape index (κ2) is 12.7. The minimum Gasteiger partial charge on any atom is -0.313 e. The monoisotopic (exact) mass is 550 g/mol. The fourth-order valence-corrected chi connectivity index (χ4v) is 5.36. The molecule has 0 saturated carbocycles. The summed E-state index contributed by atoms with van der Waals surface area (Å²) in [6.45, 7) is 14.4. The Morgan fingerprint density at radius 2 is 1.21 bits per heavy atom. The predicted octanol–water partition coefficient (Wildman–Crippen LogP) is 10.2. The third kappa shape index (κ3) is 5.36. The highest BCUT2D eigenvalue weighted by atomic mass is 15.3. The van der Waals surface area contributed by atoms with Crippen LogP contribution in [0.25, 0.3) is 51.1 Å². The summed E-state index contributed by atoms with van der Waals surface area (Å²) in [5, 5.41) is 10.6. The van der Waals surface area contributed by atoms with Crippen molar-refractivity contribution < 1.29 is 0 Å². The Kier molecular flexibility index (Phi) is 8.63. The summed E-state index contributed by atoms with van der Waals surface area (Å²) >= 11 is 0. The lowest BCUT2D eigenvalue weighted by molar-refractivity contribution is 0.866. The van der Waals surface area contributed by atoms with Crippen LogP contribution in [0.2, 0.25) is 0 Å². The minimum atomic E-state index is 0.477. The average Bonchev–Trinajstić information content (AvgIpc) is 3.60. The van der Waals surface area contributed by atoms with Gasteiger partial charge < -0.3 is 4.57 Å². The summed E-state index contributed by atoms with van der Waals surface area (Å²) in [4.78, 5) is 0. The topological polar surface area (TPSA) is 35.6 Å². The molecule has 4 nitrogen and oxygen atoms in total. The zero-order chi connectivity index (χ0) is 29.6. The van der Waals surface area contributed by atoms with Gasteiger partial charge >= 0.3 is 0 Å². The summed E-state index contributed by atoms with van der Waals surface area (Å²) in [6, 6.07) is 36.1. The molecule has 0 aliphatic rings. The first-order chi connectivity index (χ1) is 20.6. The Balaban J connectivity index is 0.00000173. The zero-order valence-electron chi connectivity index (χ0n) is 25.1. The molecule has 0 unspecified atom stereocenters. The Bertz CT molecular complexity index is 1820. The Labute approximate surface area is 249 Å². The van der Waals surface area contributed by atoms with Gasteiger partial charge in [0.15, 0.2) is 11.6 Å². The van der Waals surface area contributed by atoms with Crippen molar-refractivity contribution in [3.63, 3.8) is 0 Å². The van der Waals surface area contributed by atoms with Crippen LogP contribution in [0, 0.1) is 6.92 Å². The van der Waals surface area contributed by atoms with Crippen LogP contribution >= 0.6 is 0 Å². The molecule has 6 rings (SSSR count). The van der Waals surface area contributed by atoms with Gasteiger partial charge in [0, 0.05) is 39.1 Å². The molecular formula is C38H38N4. The van der Waals surface area contributed by atoms with Gasteiger partial charge in [-0.25, -0.2) is 0 Å². The molecule has 6 aromatic rings. The lowest BCUT2D eigenvalue weighted by atomic mass is 10.0. The van der Waals surface area contributed by atoms with Crippen LogP contribution in [0.15, 0.2) is 122 Å². The van der Waals surface area contributed by atoms with Gasteiger partial charge in [-0.3, -0.25) is 4.57 Å². The summed E-state index contributed by atoms with van der Waals surface area (Å²) in [6.07, 6.45) is 5.94. The van der Waals surface area contributed by atoms with E-state index in [1.165, 1.54) is 27.7 Å². The van der Waals surface area contributed by atoms with Crippen LogP contribution in [-0.2, 0) is 0 Å². The quantitative estimate of drug-likeness (QED) is 0.185. The number of hydrogen-bond donors (Lipinski definition) is 0. The molecule has 210 valence electrons. The normalized spacial score (nSPS) is 11.2. The van der Waals surface area contributed by atoms with Crippen molar-refractivity contribution in [3.05, 3.63) is 139 Å². The highest BCUT2D eigenvalue weighted by Crippen LogP contribution is 2.33. The summed E-state index contributed by atoms with van der Waals surface area (Å²) in [7, 11) is 0. The molecule has 0 aliphatic carbocycles. The molecule has 4 aromatic carbocycles. The van der Waals surface area contributed by atoms with Gasteiger partial charge in [-0.2, -0.15) is 0 Å². The van der Waals surface area contributed by atoms with E-state index in [4.69, 9.17) is 5.10 Å². The fraction of sp³-hybridized carbons (Fsp3) is 0.158. The molecule has 0 fully saturated rings. The third-order valence-corrected chi connectivity index (χ3v) is 7.46. The van der Waals surface area contributed by atoms with E-state index in [0.717, 1.165) is 34.2 Å². The second-order valence-corrected chi connectivity index (χ2v) is 10.3. The van der Waals surface area contributed by atoms with Crippen molar-refractivity contribution in [2.45, 2.75) is 40.5 Å². The number of rotatable bonds is 7. The largest absolute Gasteiger partial charge is 0.313 e. The molecule has 0 N–H and O–H groups in total. The molecule has 2 heterocycles. The maximum Gasteiger partial charge on any atom is 0.168 e. The summed E-state index contributed by atoms with van der Waals surface area (Å²) in [5.74, 6) is 2.11. The minimum absolute atomic E-state index is 0.477. The van der Waals surface area contributed by atoms with Crippen molar-refractivity contribution in [2.24, 2.45) is 0 Å². The molecule has 0 amide bonds. The first-order valence-electron chi connectivity index (χ1n) is 14.7. The number of nitrogens with zero attached hydrogens (tertiary/aromatic N) is 4. The van der Waals surface area contributed by atoms with Gasteiger partial charge in [-0.1, -0.05) is 113 Å². The predicted molar refractivity (Wildman–Crippen MR) is 178 cm³/mol. The molecule has 0 radical (unpaired) electrons. The van der Waals surface area contributed by atoms with Crippen LogP contribution in [0.5, 0.6) is 0 Å². The van der Waals surface area contributed by atoms with Gasteiger partial charge in [0.1, 0.15) is 0 Å². The molecule has 0 atom stereocenters. The van der Waals surface area contributed by atoms with Crippen LogP contribution in [-0.4, -0.2) is 19.3 Å². The smallest absolute Gasteiger partial charge is 0.168 e. The van der Waals surface area contributed by atoms with Crippen molar-refractivity contribution in [2.75, 3.05) is 0 Å². The van der Waals surface area contributed by atoms with Crippen molar-refractivity contribution in [1.82, 2.24) is 19.3 Å². The van der Waals surface area contributed by atoms with Gasteiger partial charge in [-0.15, -0.1) is 10.2 Å². The van der Waals surface area contributed by atoms with E-state index < -0.39 is 0 Å². The van der Waals surface area contributed by atoms with Gasteiger partial charge in [0.2, 0.25) is 0 Å². The Morgan fingerprint density at radius 1 is 0.667 bits per heavy atom. The molecular weight excluding hydrogens is 512 g/mol. The molecule has 0 spiro atoms. The molecule has 0 aliphatic heterocycles. The summed E-state index contributed by atoms with van der Waals surface area (Å²) in [5.41, 5.74) is 9.05. The van der Waals surface area contributed by atoms with E-state index in [9.17, 15) is 0 Å². The Morgan fingerprint density at radius 3 is 1.81 bits per heavy atom. The van der Waals surface area contributed by atoms with E-state index in [-0.39, 0.29) is 0 Å².